The number of ether oxygens (including phenoxy) is 1. The maximum atomic E-state index is 13.8. The van der Waals surface area contributed by atoms with Gasteiger partial charge in [-0.25, -0.2) is 8.78 Å². The summed E-state index contributed by atoms with van der Waals surface area (Å²) in [6.45, 7) is 3.76. The number of aromatic nitrogens is 1. The van der Waals surface area contributed by atoms with E-state index >= 15 is 0 Å². The zero-order valence-corrected chi connectivity index (χ0v) is 14.7. The summed E-state index contributed by atoms with van der Waals surface area (Å²) in [5.41, 5.74) is -0.863. The molecule has 1 aromatic carbocycles. The minimum atomic E-state index is -0.859. The van der Waals surface area contributed by atoms with E-state index < -0.39 is 23.0 Å². The van der Waals surface area contributed by atoms with Crippen molar-refractivity contribution in [2.75, 3.05) is 19.7 Å². The molecule has 140 valence electrons. The minimum absolute atomic E-state index is 0.100. The van der Waals surface area contributed by atoms with Gasteiger partial charge in [-0.05, 0) is 31.7 Å². The van der Waals surface area contributed by atoms with Crippen molar-refractivity contribution in [2.24, 2.45) is 0 Å². The standard InChI is InChI=1S/C19H22F2N2O3/c1-2-8-26-13-4-3-6-23(7-5-13)19(25)15-11-22-17-14(18(15)24)9-12(20)10-16(17)21/h9-11,13H,2-8H2,1H3,(H,22,24)/t13-/m1/s1. The number of aromatic amines is 1. The quantitative estimate of drug-likeness (QED) is 0.906. The molecule has 0 spiro atoms. The lowest BCUT2D eigenvalue weighted by Crippen LogP contribution is -2.35. The highest BCUT2D eigenvalue weighted by atomic mass is 19.1. The summed E-state index contributed by atoms with van der Waals surface area (Å²) < 4.78 is 33.0. The van der Waals surface area contributed by atoms with Gasteiger partial charge in [-0.2, -0.15) is 0 Å². The van der Waals surface area contributed by atoms with Crippen LogP contribution in [0, 0.1) is 11.6 Å². The van der Waals surface area contributed by atoms with E-state index in [0.29, 0.717) is 32.2 Å². The summed E-state index contributed by atoms with van der Waals surface area (Å²) in [5.74, 6) is -2.13. The Hall–Kier alpha value is -2.28. The second-order valence-corrected chi connectivity index (χ2v) is 6.56. The van der Waals surface area contributed by atoms with Crippen molar-refractivity contribution in [3.05, 3.63) is 45.8 Å². The number of hydrogen-bond acceptors (Lipinski definition) is 3. The third-order valence-corrected chi connectivity index (χ3v) is 4.66. The average Bonchev–Trinajstić information content (AvgIpc) is 2.86. The largest absolute Gasteiger partial charge is 0.378 e. The molecule has 2 heterocycles. The predicted molar refractivity (Wildman–Crippen MR) is 94.3 cm³/mol. The van der Waals surface area contributed by atoms with Crippen LogP contribution in [0.5, 0.6) is 0 Å². The Morgan fingerprint density at radius 2 is 2.12 bits per heavy atom. The average molecular weight is 364 g/mol. The Morgan fingerprint density at radius 1 is 1.31 bits per heavy atom. The number of fused-ring (bicyclic) bond motifs is 1. The number of carbonyl (C=O) groups is 1. The number of hydrogen-bond donors (Lipinski definition) is 1. The van der Waals surface area contributed by atoms with Gasteiger partial charge in [0.2, 0.25) is 5.43 Å². The molecule has 0 radical (unpaired) electrons. The van der Waals surface area contributed by atoms with Crippen LogP contribution in [0.1, 0.15) is 43.0 Å². The summed E-state index contributed by atoms with van der Waals surface area (Å²) in [6, 6.07) is 1.65. The van der Waals surface area contributed by atoms with E-state index in [9.17, 15) is 18.4 Å². The fraction of sp³-hybridized carbons (Fsp3) is 0.474. The van der Waals surface area contributed by atoms with E-state index in [2.05, 4.69) is 4.98 Å². The molecule has 0 saturated carbocycles. The molecule has 1 saturated heterocycles. The molecule has 1 aliphatic heterocycles. The van der Waals surface area contributed by atoms with E-state index in [1.54, 1.807) is 4.90 Å². The first-order chi connectivity index (χ1) is 12.5. The third-order valence-electron chi connectivity index (χ3n) is 4.66. The molecule has 26 heavy (non-hydrogen) atoms. The first kappa shape index (κ1) is 18.5. The van der Waals surface area contributed by atoms with Gasteiger partial charge in [0.25, 0.3) is 5.91 Å². The number of pyridine rings is 1. The van der Waals surface area contributed by atoms with E-state index in [-0.39, 0.29) is 22.6 Å². The highest BCUT2D eigenvalue weighted by molar-refractivity contribution is 5.97. The fourth-order valence-corrected chi connectivity index (χ4v) is 3.30. The van der Waals surface area contributed by atoms with Gasteiger partial charge in [0, 0.05) is 32.0 Å². The summed E-state index contributed by atoms with van der Waals surface area (Å²) in [5, 5.41) is -0.160. The van der Waals surface area contributed by atoms with E-state index in [0.717, 1.165) is 25.3 Å². The fourth-order valence-electron chi connectivity index (χ4n) is 3.30. The molecule has 1 amide bonds. The predicted octanol–water partition coefficient (Wildman–Crippen LogP) is 3.23. The molecular formula is C19H22F2N2O3. The Morgan fingerprint density at radius 3 is 2.88 bits per heavy atom. The molecule has 1 fully saturated rings. The van der Waals surface area contributed by atoms with Crippen LogP contribution < -0.4 is 5.43 Å². The van der Waals surface area contributed by atoms with Crippen LogP contribution in [-0.2, 0) is 4.74 Å². The van der Waals surface area contributed by atoms with E-state index in [1.165, 1.54) is 6.20 Å². The van der Waals surface area contributed by atoms with Crippen molar-refractivity contribution >= 4 is 16.8 Å². The van der Waals surface area contributed by atoms with Gasteiger partial charge in [0.15, 0.2) is 0 Å². The van der Waals surface area contributed by atoms with Crippen LogP contribution in [0.25, 0.3) is 10.9 Å². The second kappa shape index (κ2) is 7.95. The Kier molecular flexibility index (Phi) is 5.66. The van der Waals surface area contributed by atoms with Crippen LogP contribution >= 0.6 is 0 Å². The number of carbonyl (C=O) groups excluding carboxylic acids is 1. The van der Waals surface area contributed by atoms with Crippen LogP contribution in [0.4, 0.5) is 8.78 Å². The molecule has 0 aliphatic carbocycles. The highest BCUT2D eigenvalue weighted by Crippen LogP contribution is 2.18. The molecule has 1 N–H and O–H groups in total. The highest BCUT2D eigenvalue weighted by Gasteiger charge is 2.24. The molecule has 1 aliphatic rings. The third kappa shape index (κ3) is 3.77. The van der Waals surface area contributed by atoms with Crippen molar-refractivity contribution < 1.29 is 18.3 Å². The normalized spacial score (nSPS) is 18.1. The maximum Gasteiger partial charge on any atom is 0.259 e. The Labute approximate surface area is 150 Å². The number of benzene rings is 1. The van der Waals surface area contributed by atoms with Crippen LogP contribution in [0.3, 0.4) is 0 Å². The van der Waals surface area contributed by atoms with E-state index in [1.807, 2.05) is 6.92 Å². The summed E-state index contributed by atoms with van der Waals surface area (Å²) in [7, 11) is 0. The lowest BCUT2D eigenvalue weighted by molar-refractivity contribution is 0.0432. The second-order valence-electron chi connectivity index (χ2n) is 6.56. The SMILES string of the molecule is CCCO[C@@H]1CCCN(C(=O)c2c[nH]c3c(F)cc(F)cc3c2=O)CC1. The van der Waals surface area contributed by atoms with Crippen molar-refractivity contribution in [2.45, 2.75) is 38.7 Å². The summed E-state index contributed by atoms with van der Waals surface area (Å²) in [6.07, 6.45) is 4.64. The molecule has 1 atom stereocenters. The molecule has 0 unspecified atom stereocenters. The summed E-state index contributed by atoms with van der Waals surface area (Å²) in [4.78, 5) is 29.6. The lowest BCUT2D eigenvalue weighted by atomic mass is 10.1. The monoisotopic (exact) mass is 364 g/mol. The van der Waals surface area contributed by atoms with Gasteiger partial charge in [-0.3, -0.25) is 9.59 Å². The zero-order valence-electron chi connectivity index (χ0n) is 14.7. The Balaban J connectivity index is 1.84. The first-order valence-electron chi connectivity index (χ1n) is 8.92. The number of likely N-dealkylation sites (tertiary alicyclic amines) is 1. The van der Waals surface area contributed by atoms with Crippen molar-refractivity contribution in [1.82, 2.24) is 9.88 Å². The van der Waals surface area contributed by atoms with Gasteiger partial charge in [-0.15, -0.1) is 0 Å². The van der Waals surface area contributed by atoms with Gasteiger partial charge in [0.1, 0.15) is 17.2 Å². The van der Waals surface area contributed by atoms with Crippen molar-refractivity contribution in [3.63, 3.8) is 0 Å². The maximum absolute atomic E-state index is 13.8. The van der Waals surface area contributed by atoms with Gasteiger partial charge in [0.05, 0.1) is 17.0 Å². The van der Waals surface area contributed by atoms with Crippen molar-refractivity contribution in [1.29, 1.82) is 0 Å². The van der Waals surface area contributed by atoms with Crippen LogP contribution in [0.2, 0.25) is 0 Å². The van der Waals surface area contributed by atoms with Gasteiger partial charge in [-0.1, -0.05) is 6.92 Å². The number of nitrogens with one attached hydrogen (secondary N) is 1. The van der Waals surface area contributed by atoms with Crippen LogP contribution in [0.15, 0.2) is 23.1 Å². The zero-order chi connectivity index (χ0) is 18.7. The number of rotatable bonds is 4. The molecule has 1 aromatic heterocycles. The van der Waals surface area contributed by atoms with Crippen LogP contribution in [-0.4, -0.2) is 41.6 Å². The topological polar surface area (TPSA) is 62.4 Å². The van der Waals surface area contributed by atoms with E-state index in [4.69, 9.17) is 4.74 Å². The molecular weight excluding hydrogens is 342 g/mol. The van der Waals surface area contributed by atoms with Gasteiger partial charge < -0.3 is 14.6 Å². The molecule has 0 bridgehead atoms. The lowest BCUT2D eigenvalue weighted by Gasteiger charge is -2.20. The minimum Gasteiger partial charge on any atom is -0.378 e. The number of nitrogens with zero attached hydrogens (tertiary/aromatic N) is 1. The Bertz CT molecular complexity index is 866. The number of H-pyrrole nitrogens is 1. The first-order valence-corrected chi connectivity index (χ1v) is 8.92. The molecule has 3 rings (SSSR count). The summed E-state index contributed by atoms with van der Waals surface area (Å²) >= 11 is 0. The molecule has 2 aromatic rings. The number of halogens is 2. The molecule has 7 heteroatoms. The molecule has 5 nitrogen and oxygen atoms in total. The number of amides is 1. The van der Waals surface area contributed by atoms with Crippen molar-refractivity contribution in [3.8, 4) is 0 Å². The van der Waals surface area contributed by atoms with Gasteiger partial charge >= 0.3 is 0 Å². The smallest absolute Gasteiger partial charge is 0.259 e.